The third-order valence-electron chi connectivity index (χ3n) is 2.53. The fourth-order valence-electron chi connectivity index (χ4n) is 1.70. The first-order valence-electron chi connectivity index (χ1n) is 5.46. The molecule has 0 amide bonds. The highest BCUT2D eigenvalue weighted by Gasteiger charge is 2.09. The van der Waals surface area contributed by atoms with Gasteiger partial charge in [-0.15, -0.1) is 0 Å². The van der Waals surface area contributed by atoms with Crippen molar-refractivity contribution in [3.63, 3.8) is 0 Å². The van der Waals surface area contributed by atoms with Gasteiger partial charge in [-0.25, -0.2) is 5.84 Å². The maximum absolute atomic E-state index is 5.94. The zero-order valence-corrected chi connectivity index (χ0v) is 10.4. The van der Waals surface area contributed by atoms with Gasteiger partial charge in [0.2, 0.25) is 5.95 Å². The summed E-state index contributed by atoms with van der Waals surface area (Å²) in [6.07, 6.45) is 1.64. The molecule has 0 aliphatic heterocycles. The van der Waals surface area contributed by atoms with Crippen LogP contribution in [0.5, 0.6) is 0 Å². The van der Waals surface area contributed by atoms with Crippen LogP contribution in [0.25, 0.3) is 11.0 Å². The van der Waals surface area contributed by atoms with E-state index in [0.717, 1.165) is 11.1 Å². The summed E-state index contributed by atoms with van der Waals surface area (Å²) in [6.45, 7) is 0. The van der Waals surface area contributed by atoms with Crippen LogP contribution in [0.1, 0.15) is 0 Å². The quantitative estimate of drug-likeness (QED) is 0.431. The Bertz CT molecular complexity index is 724. The fraction of sp³-hybridized carbons (Fsp3) is 0. The monoisotopic (exact) mass is 275 g/mol. The highest BCUT2D eigenvalue weighted by atomic mass is 35.5. The number of nitrogens with two attached hydrogens (primary N) is 1. The first kappa shape index (κ1) is 11.7. The van der Waals surface area contributed by atoms with E-state index >= 15 is 0 Å². The van der Waals surface area contributed by atoms with Crippen molar-refractivity contribution in [2.45, 2.75) is 0 Å². The molecule has 0 fully saturated rings. The Labute approximate surface area is 113 Å². The Kier molecular flexibility index (Phi) is 2.90. The topological polar surface area (TPSA) is 105 Å². The largest absolute Gasteiger partial charge is 0.339 e. The molecule has 0 aliphatic carbocycles. The van der Waals surface area contributed by atoms with Gasteiger partial charge in [-0.1, -0.05) is 17.7 Å². The molecule has 96 valence electrons. The van der Waals surface area contributed by atoms with Crippen molar-refractivity contribution in [1.29, 1.82) is 0 Å². The second-order valence-electron chi connectivity index (χ2n) is 3.81. The summed E-state index contributed by atoms with van der Waals surface area (Å²) >= 11 is 5.94. The number of hydrogen-bond donors (Lipinski definition) is 4. The third-order valence-corrected chi connectivity index (χ3v) is 2.76. The molecule has 0 saturated carbocycles. The van der Waals surface area contributed by atoms with Gasteiger partial charge in [-0.2, -0.15) is 15.1 Å². The number of benzene rings is 1. The second kappa shape index (κ2) is 4.71. The van der Waals surface area contributed by atoms with Crippen molar-refractivity contribution in [1.82, 2.24) is 20.2 Å². The first-order chi connectivity index (χ1) is 9.26. The lowest BCUT2D eigenvalue weighted by Gasteiger charge is -2.08. The van der Waals surface area contributed by atoms with Crippen LogP contribution in [0.15, 0.2) is 30.5 Å². The molecule has 0 unspecified atom stereocenters. The number of H-pyrrole nitrogens is 1. The molecule has 3 aromatic rings. The van der Waals surface area contributed by atoms with Gasteiger partial charge in [-0.3, -0.25) is 10.5 Å². The van der Waals surface area contributed by atoms with Crippen molar-refractivity contribution in [3.05, 3.63) is 35.5 Å². The van der Waals surface area contributed by atoms with E-state index in [1.54, 1.807) is 18.3 Å². The van der Waals surface area contributed by atoms with E-state index in [9.17, 15) is 0 Å². The highest BCUT2D eigenvalue weighted by Crippen LogP contribution is 2.24. The number of rotatable bonds is 3. The average molecular weight is 276 g/mol. The zero-order valence-electron chi connectivity index (χ0n) is 9.68. The van der Waals surface area contributed by atoms with Crippen LogP contribution in [-0.2, 0) is 0 Å². The minimum atomic E-state index is 0.293. The minimum absolute atomic E-state index is 0.293. The zero-order chi connectivity index (χ0) is 13.2. The average Bonchev–Trinajstić information content (AvgIpc) is 2.87. The first-order valence-corrected chi connectivity index (χ1v) is 5.84. The van der Waals surface area contributed by atoms with E-state index in [1.165, 1.54) is 0 Å². The number of halogens is 1. The van der Waals surface area contributed by atoms with Crippen LogP contribution < -0.4 is 16.6 Å². The van der Waals surface area contributed by atoms with Gasteiger partial charge in [-0.05, 0) is 18.2 Å². The molecule has 19 heavy (non-hydrogen) atoms. The molecule has 2 heterocycles. The molecular weight excluding hydrogens is 266 g/mol. The summed E-state index contributed by atoms with van der Waals surface area (Å²) in [5.74, 6) is 6.22. The standard InChI is InChI=1S/C11H10ClN7/c12-6-2-1-3-7(4-6)15-9-8-5-14-19-10(8)17-11(16-9)18-13/h1-5H,13H2,(H3,14,15,16,17,18,19). The molecule has 0 atom stereocenters. The van der Waals surface area contributed by atoms with E-state index < -0.39 is 0 Å². The molecule has 0 saturated heterocycles. The number of hydrazine groups is 1. The van der Waals surface area contributed by atoms with Crippen LogP contribution in [0, 0.1) is 0 Å². The van der Waals surface area contributed by atoms with Crippen molar-refractivity contribution in [2.75, 3.05) is 10.7 Å². The summed E-state index contributed by atoms with van der Waals surface area (Å²) in [5, 5.41) is 11.3. The van der Waals surface area contributed by atoms with Crippen molar-refractivity contribution < 1.29 is 0 Å². The SMILES string of the molecule is NNc1nc(Nc2cccc(Cl)c2)c2cn[nH]c2n1. The predicted octanol–water partition coefficient (Wildman–Crippen LogP) is 2.04. The summed E-state index contributed by atoms with van der Waals surface area (Å²) in [6, 6.07) is 7.33. The van der Waals surface area contributed by atoms with E-state index in [-0.39, 0.29) is 0 Å². The smallest absolute Gasteiger partial charge is 0.241 e. The van der Waals surface area contributed by atoms with Crippen molar-refractivity contribution in [2.24, 2.45) is 5.84 Å². The molecule has 5 N–H and O–H groups in total. The van der Waals surface area contributed by atoms with Gasteiger partial charge in [0.25, 0.3) is 0 Å². The molecule has 0 radical (unpaired) electrons. The second-order valence-corrected chi connectivity index (χ2v) is 4.24. The number of nitrogens with zero attached hydrogens (tertiary/aromatic N) is 3. The minimum Gasteiger partial charge on any atom is -0.339 e. The summed E-state index contributed by atoms with van der Waals surface area (Å²) < 4.78 is 0. The number of aromatic amines is 1. The van der Waals surface area contributed by atoms with E-state index in [2.05, 4.69) is 30.9 Å². The Balaban J connectivity index is 2.06. The summed E-state index contributed by atoms with van der Waals surface area (Å²) in [4.78, 5) is 8.40. The molecule has 3 rings (SSSR count). The molecule has 0 bridgehead atoms. The summed E-state index contributed by atoms with van der Waals surface area (Å²) in [5.41, 5.74) is 3.82. The molecule has 0 spiro atoms. The Morgan fingerprint density at radius 1 is 1.26 bits per heavy atom. The van der Waals surface area contributed by atoms with Gasteiger partial charge < -0.3 is 5.32 Å². The number of hydrogen-bond acceptors (Lipinski definition) is 6. The molecule has 7 nitrogen and oxygen atoms in total. The highest BCUT2D eigenvalue weighted by molar-refractivity contribution is 6.30. The van der Waals surface area contributed by atoms with Gasteiger partial charge >= 0.3 is 0 Å². The Morgan fingerprint density at radius 2 is 2.16 bits per heavy atom. The lowest BCUT2D eigenvalue weighted by molar-refractivity contribution is 1.08. The van der Waals surface area contributed by atoms with Crippen molar-refractivity contribution >= 4 is 40.1 Å². The van der Waals surface area contributed by atoms with Gasteiger partial charge in [0, 0.05) is 10.7 Å². The van der Waals surface area contributed by atoms with E-state index in [4.69, 9.17) is 17.4 Å². The molecule has 2 aromatic heterocycles. The van der Waals surface area contributed by atoms with Crippen LogP contribution in [-0.4, -0.2) is 20.2 Å². The van der Waals surface area contributed by atoms with Crippen LogP contribution in [0.3, 0.4) is 0 Å². The summed E-state index contributed by atoms with van der Waals surface area (Å²) in [7, 11) is 0. The fourth-order valence-corrected chi connectivity index (χ4v) is 1.89. The molecular formula is C11H10ClN7. The number of nitrogen functional groups attached to an aromatic ring is 1. The Hall–Kier alpha value is -2.38. The van der Waals surface area contributed by atoms with Gasteiger partial charge in [0.15, 0.2) is 5.65 Å². The third kappa shape index (κ3) is 2.28. The lowest BCUT2D eigenvalue weighted by Crippen LogP contribution is -2.11. The van der Waals surface area contributed by atoms with E-state index in [0.29, 0.717) is 22.4 Å². The predicted molar refractivity (Wildman–Crippen MR) is 74.2 cm³/mol. The molecule has 8 heteroatoms. The Morgan fingerprint density at radius 3 is 2.95 bits per heavy atom. The van der Waals surface area contributed by atoms with Crippen LogP contribution >= 0.6 is 11.6 Å². The maximum atomic E-state index is 5.94. The number of aromatic nitrogens is 4. The van der Waals surface area contributed by atoms with E-state index in [1.807, 2.05) is 12.1 Å². The lowest BCUT2D eigenvalue weighted by atomic mass is 10.3. The van der Waals surface area contributed by atoms with Gasteiger partial charge in [0.1, 0.15) is 5.82 Å². The molecule has 1 aromatic carbocycles. The number of nitrogens with one attached hydrogen (secondary N) is 3. The number of fused-ring (bicyclic) bond motifs is 1. The van der Waals surface area contributed by atoms with Crippen LogP contribution in [0.4, 0.5) is 17.5 Å². The van der Waals surface area contributed by atoms with Crippen molar-refractivity contribution in [3.8, 4) is 0 Å². The normalized spacial score (nSPS) is 10.6. The van der Waals surface area contributed by atoms with Crippen LogP contribution in [0.2, 0.25) is 5.02 Å². The maximum Gasteiger partial charge on any atom is 0.241 e. The van der Waals surface area contributed by atoms with Gasteiger partial charge in [0.05, 0.1) is 11.6 Å². The molecule has 0 aliphatic rings. The number of anilines is 3.